The van der Waals surface area contributed by atoms with Gasteiger partial charge in [0, 0.05) is 16.5 Å². The number of thiophene rings is 1. The lowest BCUT2D eigenvalue weighted by atomic mass is 10.1. The monoisotopic (exact) mass is 472 g/mol. The van der Waals surface area contributed by atoms with Crippen LogP contribution in [-0.4, -0.2) is 4.57 Å². The molecule has 0 spiro atoms. The lowest BCUT2D eigenvalue weighted by molar-refractivity contribution is -0.137. The highest BCUT2D eigenvalue weighted by Gasteiger charge is 2.36. The maximum Gasteiger partial charge on any atom is 0.417 e. The largest absolute Gasteiger partial charge is 0.417 e. The van der Waals surface area contributed by atoms with Crippen LogP contribution in [0.1, 0.15) is 16.7 Å². The normalized spacial score (nSPS) is 11.4. The molecule has 33 heavy (non-hydrogen) atoms. The van der Waals surface area contributed by atoms with Crippen molar-refractivity contribution in [1.29, 1.82) is 5.26 Å². The van der Waals surface area contributed by atoms with E-state index >= 15 is 0 Å². The first-order valence-electron chi connectivity index (χ1n) is 9.53. The molecule has 0 unspecified atom stereocenters. The number of alkyl halides is 3. The Kier molecular flexibility index (Phi) is 5.87. The van der Waals surface area contributed by atoms with E-state index in [1.165, 1.54) is 6.07 Å². The third kappa shape index (κ3) is 4.43. The number of nitriles is 1. The van der Waals surface area contributed by atoms with Crippen LogP contribution in [0.2, 0.25) is 0 Å². The minimum atomic E-state index is -4.95. The Labute approximate surface area is 188 Å². The molecule has 2 heterocycles. The molecular weight excluding hydrogens is 459 g/mol. The minimum Gasteiger partial charge on any atom is -0.302 e. The Balaban J connectivity index is 1.94. The van der Waals surface area contributed by atoms with Crippen molar-refractivity contribution in [3.63, 3.8) is 0 Å². The van der Waals surface area contributed by atoms with E-state index < -0.39 is 41.0 Å². The summed E-state index contributed by atoms with van der Waals surface area (Å²) in [7, 11) is 0. The van der Waals surface area contributed by atoms with Gasteiger partial charge in [0.2, 0.25) is 0 Å². The third-order valence-corrected chi connectivity index (χ3v) is 6.13. The van der Waals surface area contributed by atoms with Gasteiger partial charge in [0.15, 0.2) is 0 Å². The average molecular weight is 472 g/mol. The van der Waals surface area contributed by atoms with Crippen LogP contribution < -0.4 is 5.56 Å². The predicted octanol–water partition coefficient (Wildman–Crippen LogP) is 6.46. The van der Waals surface area contributed by atoms with Gasteiger partial charge in [0.1, 0.15) is 23.3 Å². The smallest absolute Gasteiger partial charge is 0.302 e. The van der Waals surface area contributed by atoms with Gasteiger partial charge in [-0.1, -0.05) is 36.4 Å². The minimum absolute atomic E-state index is 0.108. The summed E-state index contributed by atoms with van der Waals surface area (Å²) in [5.74, 6) is -1.79. The van der Waals surface area contributed by atoms with Crippen molar-refractivity contribution in [2.24, 2.45) is 0 Å². The summed E-state index contributed by atoms with van der Waals surface area (Å²) in [6, 6.07) is 17.1. The highest BCUT2D eigenvalue weighted by Crippen LogP contribution is 2.38. The molecule has 166 valence electrons. The van der Waals surface area contributed by atoms with Crippen LogP contribution in [0.3, 0.4) is 0 Å². The highest BCUT2D eigenvalue weighted by atomic mass is 32.1. The van der Waals surface area contributed by atoms with Crippen LogP contribution in [0.15, 0.2) is 71.5 Å². The zero-order chi connectivity index (χ0) is 23.8. The molecule has 0 atom stereocenters. The second kappa shape index (κ2) is 8.64. The standard InChI is InChI=1S/C24H13F5N2OS/c25-16-7-6-15(19(26)10-16)13-31-20(11-18(24(27,28)29)17(12-30)23(31)32)22-9-8-21(33-22)14-4-2-1-3-5-14/h1-11H,13H2. The molecule has 0 saturated heterocycles. The molecule has 2 aromatic carbocycles. The Hall–Kier alpha value is -3.77. The molecular formula is C24H13F5N2OS. The first kappa shape index (κ1) is 22.4. The lowest BCUT2D eigenvalue weighted by Crippen LogP contribution is -2.28. The Morgan fingerprint density at radius 3 is 2.27 bits per heavy atom. The van der Waals surface area contributed by atoms with E-state index in [2.05, 4.69) is 0 Å². The van der Waals surface area contributed by atoms with Gasteiger partial charge in [-0.25, -0.2) is 8.78 Å². The van der Waals surface area contributed by atoms with Gasteiger partial charge in [-0.2, -0.15) is 18.4 Å². The molecule has 4 rings (SSSR count). The average Bonchev–Trinajstić information content (AvgIpc) is 3.26. The molecule has 0 N–H and O–H groups in total. The number of halogens is 5. The van der Waals surface area contributed by atoms with E-state index in [1.54, 1.807) is 12.1 Å². The maximum atomic E-state index is 14.3. The Morgan fingerprint density at radius 2 is 1.64 bits per heavy atom. The third-order valence-electron chi connectivity index (χ3n) is 4.98. The highest BCUT2D eigenvalue weighted by molar-refractivity contribution is 7.18. The molecule has 0 saturated carbocycles. The zero-order valence-electron chi connectivity index (χ0n) is 16.7. The number of nitrogens with zero attached hydrogens (tertiary/aromatic N) is 2. The first-order chi connectivity index (χ1) is 15.7. The fourth-order valence-corrected chi connectivity index (χ4v) is 4.43. The van der Waals surface area contributed by atoms with Crippen LogP contribution in [0, 0.1) is 23.0 Å². The second-order valence-electron chi connectivity index (χ2n) is 7.08. The summed E-state index contributed by atoms with van der Waals surface area (Å²) in [5, 5.41) is 9.27. The first-order valence-corrected chi connectivity index (χ1v) is 10.4. The van der Waals surface area contributed by atoms with Gasteiger partial charge in [-0.15, -0.1) is 11.3 Å². The zero-order valence-corrected chi connectivity index (χ0v) is 17.5. The maximum absolute atomic E-state index is 14.3. The van der Waals surface area contributed by atoms with Gasteiger partial charge in [-0.05, 0) is 29.8 Å². The molecule has 0 aliphatic carbocycles. The molecule has 9 heteroatoms. The molecule has 2 aromatic heterocycles. The number of benzene rings is 2. The fraction of sp³-hybridized carbons (Fsp3) is 0.0833. The number of hydrogen-bond donors (Lipinski definition) is 0. The van der Waals surface area contributed by atoms with Crippen LogP contribution in [-0.2, 0) is 12.7 Å². The van der Waals surface area contributed by atoms with E-state index in [9.17, 15) is 32.0 Å². The Bertz CT molecular complexity index is 1430. The van der Waals surface area contributed by atoms with Crippen molar-refractivity contribution in [2.45, 2.75) is 12.7 Å². The predicted molar refractivity (Wildman–Crippen MR) is 115 cm³/mol. The molecule has 0 radical (unpaired) electrons. The SMILES string of the molecule is N#Cc1c(C(F)(F)F)cc(-c2ccc(-c3ccccc3)s2)n(Cc2ccc(F)cc2F)c1=O. The molecule has 0 amide bonds. The summed E-state index contributed by atoms with van der Waals surface area (Å²) in [5.41, 5.74) is -3.06. The molecule has 3 nitrogen and oxygen atoms in total. The summed E-state index contributed by atoms with van der Waals surface area (Å²) >= 11 is 1.15. The van der Waals surface area contributed by atoms with E-state index in [-0.39, 0.29) is 11.3 Å². The summed E-state index contributed by atoms with van der Waals surface area (Å²) in [6.07, 6.45) is -4.95. The quantitative estimate of drug-likeness (QED) is 0.320. The van der Waals surface area contributed by atoms with Gasteiger partial charge < -0.3 is 4.57 Å². The summed E-state index contributed by atoms with van der Waals surface area (Å²) in [4.78, 5) is 14.0. The van der Waals surface area contributed by atoms with Crippen molar-refractivity contribution >= 4 is 11.3 Å². The van der Waals surface area contributed by atoms with E-state index in [1.807, 2.05) is 30.3 Å². The van der Waals surface area contributed by atoms with Crippen molar-refractivity contribution in [3.05, 3.63) is 105 Å². The van der Waals surface area contributed by atoms with Crippen LogP contribution in [0.25, 0.3) is 21.0 Å². The van der Waals surface area contributed by atoms with Crippen LogP contribution in [0.4, 0.5) is 22.0 Å². The fourth-order valence-electron chi connectivity index (χ4n) is 3.39. The van der Waals surface area contributed by atoms with Crippen molar-refractivity contribution in [2.75, 3.05) is 0 Å². The van der Waals surface area contributed by atoms with Gasteiger partial charge >= 0.3 is 6.18 Å². The van der Waals surface area contributed by atoms with E-state index in [0.29, 0.717) is 10.9 Å². The van der Waals surface area contributed by atoms with Crippen molar-refractivity contribution in [3.8, 4) is 27.1 Å². The van der Waals surface area contributed by atoms with Gasteiger partial charge in [-0.3, -0.25) is 4.79 Å². The number of hydrogen-bond acceptors (Lipinski definition) is 3. The van der Waals surface area contributed by atoms with Crippen molar-refractivity contribution < 1.29 is 22.0 Å². The van der Waals surface area contributed by atoms with Gasteiger partial charge in [0.05, 0.1) is 22.7 Å². The van der Waals surface area contributed by atoms with Crippen LogP contribution >= 0.6 is 11.3 Å². The lowest BCUT2D eigenvalue weighted by Gasteiger charge is -2.17. The van der Waals surface area contributed by atoms with E-state index in [0.717, 1.165) is 44.5 Å². The second-order valence-corrected chi connectivity index (χ2v) is 8.17. The molecule has 0 aliphatic heterocycles. The van der Waals surface area contributed by atoms with Gasteiger partial charge in [0.25, 0.3) is 5.56 Å². The number of pyridine rings is 1. The number of rotatable bonds is 4. The molecule has 0 bridgehead atoms. The number of aromatic nitrogens is 1. The molecule has 0 aliphatic rings. The van der Waals surface area contributed by atoms with E-state index in [4.69, 9.17) is 0 Å². The summed E-state index contributed by atoms with van der Waals surface area (Å²) < 4.78 is 69.4. The topological polar surface area (TPSA) is 45.8 Å². The molecule has 0 fully saturated rings. The summed E-state index contributed by atoms with van der Waals surface area (Å²) in [6.45, 7) is -0.480. The van der Waals surface area contributed by atoms with Crippen LogP contribution in [0.5, 0.6) is 0 Å². The Morgan fingerprint density at radius 1 is 0.939 bits per heavy atom. The van der Waals surface area contributed by atoms with Crippen molar-refractivity contribution in [1.82, 2.24) is 4.57 Å². The molecule has 4 aromatic rings.